The van der Waals surface area contributed by atoms with Crippen molar-refractivity contribution in [3.63, 3.8) is 0 Å². The Hall–Kier alpha value is -1.09. The number of hydrogen-bond donors (Lipinski definition) is 1. The Labute approximate surface area is 96.5 Å². The third-order valence-corrected chi connectivity index (χ3v) is 3.16. The van der Waals surface area contributed by atoms with E-state index in [0.29, 0.717) is 12.0 Å². The van der Waals surface area contributed by atoms with Gasteiger partial charge in [-0.3, -0.25) is 9.69 Å². The molecule has 0 aromatic carbocycles. The van der Waals surface area contributed by atoms with Gasteiger partial charge in [-0.25, -0.2) is 0 Å². The zero-order chi connectivity index (χ0) is 11.5. The number of nitrogens with zero attached hydrogens (tertiary/aromatic N) is 1. The van der Waals surface area contributed by atoms with E-state index in [4.69, 9.17) is 0 Å². The molecule has 0 saturated carbocycles. The van der Waals surface area contributed by atoms with E-state index in [1.807, 2.05) is 12.3 Å². The number of aromatic amines is 1. The summed E-state index contributed by atoms with van der Waals surface area (Å²) in [6, 6.07) is 4.09. The van der Waals surface area contributed by atoms with Gasteiger partial charge in [0, 0.05) is 24.8 Å². The van der Waals surface area contributed by atoms with E-state index in [2.05, 4.69) is 23.7 Å². The maximum atomic E-state index is 11.0. The molecule has 3 heteroatoms. The van der Waals surface area contributed by atoms with Crippen LogP contribution in [-0.4, -0.2) is 23.0 Å². The van der Waals surface area contributed by atoms with Gasteiger partial charge in [0.1, 0.15) is 0 Å². The number of pyridine rings is 1. The average molecular weight is 220 g/mol. The first-order chi connectivity index (χ1) is 7.66. The monoisotopic (exact) mass is 220 g/mol. The molecule has 16 heavy (non-hydrogen) atoms. The van der Waals surface area contributed by atoms with Gasteiger partial charge < -0.3 is 4.98 Å². The summed E-state index contributed by atoms with van der Waals surface area (Å²) in [6.45, 7) is 6.83. The van der Waals surface area contributed by atoms with Gasteiger partial charge in [-0.15, -0.1) is 0 Å². The van der Waals surface area contributed by atoms with Crippen LogP contribution in [0, 0.1) is 5.92 Å². The molecule has 1 N–H and O–H groups in total. The third-order valence-electron chi connectivity index (χ3n) is 3.16. The molecule has 1 fully saturated rings. The summed E-state index contributed by atoms with van der Waals surface area (Å²) in [5.41, 5.74) is 1.23. The van der Waals surface area contributed by atoms with Crippen molar-refractivity contribution in [2.24, 2.45) is 5.92 Å². The molecule has 0 spiro atoms. The van der Waals surface area contributed by atoms with Gasteiger partial charge in [0.2, 0.25) is 5.56 Å². The van der Waals surface area contributed by atoms with Crippen LogP contribution in [0.5, 0.6) is 0 Å². The van der Waals surface area contributed by atoms with Crippen molar-refractivity contribution in [3.8, 4) is 0 Å². The van der Waals surface area contributed by atoms with Gasteiger partial charge >= 0.3 is 0 Å². The Kier molecular flexibility index (Phi) is 3.44. The van der Waals surface area contributed by atoms with Crippen LogP contribution >= 0.6 is 0 Å². The number of aromatic nitrogens is 1. The quantitative estimate of drug-likeness (QED) is 0.847. The van der Waals surface area contributed by atoms with Crippen LogP contribution in [0.25, 0.3) is 0 Å². The second-order valence-electron chi connectivity index (χ2n) is 5.03. The van der Waals surface area contributed by atoms with Crippen LogP contribution < -0.4 is 5.56 Å². The number of nitrogens with one attached hydrogen (secondary N) is 1. The second kappa shape index (κ2) is 4.83. The predicted octanol–water partition coefficient (Wildman–Crippen LogP) is 2.17. The van der Waals surface area contributed by atoms with Gasteiger partial charge in [-0.05, 0) is 30.9 Å². The summed E-state index contributed by atoms with van der Waals surface area (Å²) < 4.78 is 0. The van der Waals surface area contributed by atoms with Crippen molar-refractivity contribution in [2.45, 2.75) is 32.7 Å². The third kappa shape index (κ3) is 2.53. The minimum absolute atomic E-state index is 0.0165. The molecule has 2 heterocycles. The fraction of sp³-hybridized carbons (Fsp3) is 0.615. The van der Waals surface area contributed by atoms with E-state index in [1.165, 1.54) is 24.9 Å². The van der Waals surface area contributed by atoms with Crippen molar-refractivity contribution < 1.29 is 0 Å². The van der Waals surface area contributed by atoms with E-state index < -0.39 is 0 Å². The molecule has 3 nitrogen and oxygen atoms in total. The van der Waals surface area contributed by atoms with Crippen molar-refractivity contribution in [3.05, 3.63) is 34.2 Å². The summed E-state index contributed by atoms with van der Waals surface area (Å²) in [5, 5.41) is 0. The average Bonchev–Trinajstić information content (AvgIpc) is 2.66. The summed E-state index contributed by atoms with van der Waals surface area (Å²) in [7, 11) is 0. The van der Waals surface area contributed by atoms with Crippen molar-refractivity contribution in [1.82, 2.24) is 9.88 Å². The van der Waals surface area contributed by atoms with Gasteiger partial charge in [0.05, 0.1) is 0 Å². The summed E-state index contributed by atoms with van der Waals surface area (Å²) >= 11 is 0. The molecule has 1 unspecified atom stereocenters. The van der Waals surface area contributed by atoms with Gasteiger partial charge in [0.15, 0.2) is 0 Å². The number of hydrogen-bond acceptors (Lipinski definition) is 2. The first-order valence-corrected chi connectivity index (χ1v) is 6.09. The van der Waals surface area contributed by atoms with Crippen LogP contribution in [0.3, 0.4) is 0 Å². The first-order valence-electron chi connectivity index (χ1n) is 6.09. The minimum Gasteiger partial charge on any atom is -0.329 e. The molecule has 0 bridgehead atoms. The predicted molar refractivity (Wildman–Crippen MR) is 65.4 cm³/mol. The highest BCUT2D eigenvalue weighted by Gasteiger charge is 2.26. The highest BCUT2D eigenvalue weighted by atomic mass is 16.1. The lowest BCUT2D eigenvalue weighted by Crippen LogP contribution is -2.27. The van der Waals surface area contributed by atoms with E-state index in [-0.39, 0.29) is 5.56 Å². The standard InChI is InChI=1S/C13H20N2O/c1-10(2)9-15-7-3-4-12(15)11-5-6-13(16)14-8-11/h5-6,8,10,12H,3-4,7,9H2,1-2H3,(H,14,16). The Morgan fingerprint density at radius 3 is 2.94 bits per heavy atom. The topological polar surface area (TPSA) is 36.1 Å². The lowest BCUT2D eigenvalue weighted by molar-refractivity contribution is 0.228. The van der Waals surface area contributed by atoms with Gasteiger partial charge in [0.25, 0.3) is 0 Å². The fourth-order valence-electron chi connectivity index (χ4n) is 2.52. The first kappa shape index (κ1) is 11.4. The number of rotatable bonds is 3. The largest absolute Gasteiger partial charge is 0.329 e. The lowest BCUT2D eigenvalue weighted by atomic mass is 10.1. The Morgan fingerprint density at radius 2 is 2.31 bits per heavy atom. The lowest BCUT2D eigenvalue weighted by Gasteiger charge is -2.26. The summed E-state index contributed by atoms with van der Waals surface area (Å²) in [5.74, 6) is 0.698. The Bertz CT molecular complexity index is 377. The zero-order valence-corrected chi connectivity index (χ0v) is 10.1. The smallest absolute Gasteiger partial charge is 0.247 e. The summed E-state index contributed by atoms with van der Waals surface area (Å²) in [4.78, 5) is 16.3. The zero-order valence-electron chi connectivity index (χ0n) is 10.1. The minimum atomic E-state index is -0.0165. The highest BCUT2D eigenvalue weighted by molar-refractivity contribution is 5.15. The summed E-state index contributed by atoms with van der Waals surface area (Å²) in [6.07, 6.45) is 4.33. The number of H-pyrrole nitrogens is 1. The SMILES string of the molecule is CC(C)CN1CCCC1c1ccc(=O)[nH]c1. The molecule has 1 atom stereocenters. The molecule has 1 aromatic heterocycles. The van der Waals surface area contributed by atoms with E-state index in [1.54, 1.807) is 6.07 Å². The second-order valence-corrected chi connectivity index (χ2v) is 5.03. The molecule has 88 valence electrons. The molecule has 1 aliphatic heterocycles. The molecule has 0 aliphatic carbocycles. The maximum absolute atomic E-state index is 11.0. The van der Waals surface area contributed by atoms with Crippen molar-refractivity contribution in [1.29, 1.82) is 0 Å². The molecule has 0 amide bonds. The Morgan fingerprint density at radius 1 is 1.50 bits per heavy atom. The highest BCUT2D eigenvalue weighted by Crippen LogP contribution is 2.31. The number of likely N-dealkylation sites (tertiary alicyclic amines) is 1. The Balaban J connectivity index is 2.13. The van der Waals surface area contributed by atoms with Crippen LogP contribution in [0.4, 0.5) is 0 Å². The molecular formula is C13H20N2O. The molecule has 1 saturated heterocycles. The van der Waals surface area contributed by atoms with Crippen LogP contribution in [-0.2, 0) is 0 Å². The van der Waals surface area contributed by atoms with E-state index >= 15 is 0 Å². The van der Waals surface area contributed by atoms with Gasteiger partial charge in [-0.2, -0.15) is 0 Å². The normalized spacial score (nSPS) is 21.8. The maximum Gasteiger partial charge on any atom is 0.247 e. The van der Waals surface area contributed by atoms with Crippen molar-refractivity contribution in [2.75, 3.05) is 13.1 Å². The van der Waals surface area contributed by atoms with E-state index in [0.717, 1.165) is 6.54 Å². The molecular weight excluding hydrogens is 200 g/mol. The van der Waals surface area contributed by atoms with Crippen molar-refractivity contribution >= 4 is 0 Å². The fourth-order valence-corrected chi connectivity index (χ4v) is 2.52. The molecule has 2 rings (SSSR count). The molecule has 1 aliphatic rings. The molecule has 1 aromatic rings. The van der Waals surface area contributed by atoms with Crippen LogP contribution in [0.15, 0.2) is 23.1 Å². The van der Waals surface area contributed by atoms with Gasteiger partial charge in [-0.1, -0.05) is 19.9 Å². The van der Waals surface area contributed by atoms with E-state index in [9.17, 15) is 4.79 Å². The van der Waals surface area contributed by atoms with Crippen LogP contribution in [0.2, 0.25) is 0 Å². The molecule has 0 radical (unpaired) electrons. The van der Waals surface area contributed by atoms with Crippen LogP contribution in [0.1, 0.15) is 38.3 Å².